The van der Waals surface area contributed by atoms with Crippen LogP contribution in [0, 0.1) is 5.82 Å². The minimum absolute atomic E-state index is 0.286. The van der Waals surface area contributed by atoms with E-state index in [4.69, 9.17) is 10.5 Å². The van der Waals surface area contributed by atoms with Crippen molar-refractivity contribution < 1.29 is 18.7 Å². The fraction of sp³-hybridized carbons (Fsp3) is 0. The molecule has 0 atom stereocenters. The number of esters is 1. The van der Waals surface area contributed by atoms with Gasteiger partial charge in [-0.05, 0) is 48.0 Å². The van der Waals surface area contributed by atoms with Crippen LogP contribution in [0.1, 0.15) is 15.9 Å². The van der Waals surface area contributed by atoms with E-state index in [2.05, 4.69) is 0 Å². The molecule has 2 aromatic carbocycles. The highest BCUT2D eigenvalue weighted by Crippen LogP contribution is 2.12. The zero-order valence-corrected chi connectivity index (χ0v) is 11.0. The van der Waals surface area contributed by atoms with Crippen molar-refractivity contribution in [2.24, 2.45) is 5.73 Å². The monoisotopic (exact) mass is 285 g/mol. The summed E-state index contributed by atoms with van der Waals surface area (Å²) in [5.74, 6) is -1.26. The average Bonchev–Trinajstić information content (AvgIpc) is 2.46. The van der Waals surface area contributed by atoms with Gasteiger partial charge in [-0.25, -0.2) is 9.18 Å². The number of carbonyl (C=O) groups excluding carboxylic acids is 2. The first kappa shape index (κ1) is 14.5. The van der Waals surface area contributed by atoms with Gasteiger partial charge in [0.2, 0.25) is 5.91 Å². The number of ether oxygens (including phenoxy) is 1. The molecule has 0 radical (unpaired) electrons. The van der Waals surface area contributed by atoms with Gasteiger partial charge in [-0.15, -0.1) is 0 Å². The van der Waals surface area contributed by atoms with Crippen molar-refractivity contribution in [3.63, 3.8) is 0 Å². The van der Waals surface area contributed by atoms with Gasteiger partial charge in [-0.2, -0.15) is 0 Å². The molecule has 0 saturated carbocycles. The minimum atomic E-state index is -0.605. The fourth-order valence-corrected chi connectivity index (χ4v) is 1.61. The number of rotatable bonds is 4. The molecule has 2 aromatic rings. The summed E-state index contributed by atoms with van der Waals surface area (Å²) >= 11 is 0. The van der Waals surface area contributed by atoms with E-state index in [1.54, 1.807) is 12.1 Å². The number of amides is 1. The molecule has 0 spiro atoms. The normalized spacial score (nSPS) is 10.5. The summed E-state index contributed by atoms with van der Waals surface area (Å²) in [5, 5.41) is 0. The van der Waals surface area contributed by atoms with Crippen LogP contribution in [0.2, 0.25) is 0 Å². The summed E-state index contributed by atoms with van der Waals surface area (Å²) in [7, 11) is 0. The van der Waals surface area contributed by atoms with Crippen molar-refractivity contribution in [3.05, 3.63) is 71.6 Å². The third-order valence-electron chi connectivity index (χ3n) is 2.62. The van der Waals surface area contributed by atoms with E-state index in [0.29, 0.717) is 11.1 Å². The Balaban J connectivity index is 1.99. The lowest BCUT2D eigenvalue weighted by molar-refractivity contribution is -0.128. The average molecular weight is 285 g/mol. The summed E-state index contributed by atoms with van der Waals surface area (Å²) in [6, 6.07) is 11.7. The number of primary amides is 1. The highest BCUT2D eigenvalue weighted by Gasteiger charge is 2.03. The lowest BCUT2D eigenvalue weighted by atomic mass is 10.2. The van der Waals surface area contributed by atoms with Gasteiger partial charge in [0.1, 0.15) is 11.6 Å². The van der Waals surface area contributed by atoms with Crippen LogP contribution in [0.25, 0.3) is 6.08 Å². The molecule has 106 valence electrons. The van der Waals surface area contributed by atoms with Gasteiger partial charge in [0.15, 0.2) is 0 Å². The molecule has 4 nitrogen and oxygen atoms in total. The van der Waals surface area contributed by atoms with Crippen LogP contribution in [-0.2, 0) is 4.79 Å². The van der Waals surface area contributed by atoms with Gasteiger partial charge in [-0.3, -0.25) is 4.79 Å². The summed E-state index contributed by atoms with van der Waals surface area (Å²) < 4.78 is 18.0. The second-order valence-electron chi connectivity index (χ2n) is 4.20. The molecule has 0 bridgehead atoms. The lowest BCUT2D eigenvalue weighted by Gasteiger charge is -2.01. The second-order valence-corrected chi connectivity index (χ2v) is 4.20. The largest absolute Gasteiger partial charge is 0.423 e. The van der Waals surface area contributed by atoms with Crippen LogP contribution >= 0.6 is 0 Å². The Hall–Kier alpha value is -2.95. The molecule has 0 unspecified atom stereocenters. The zero-order chi connectivity index (χ0) is 15.2. The summed E-state index contributed by atoms with van der Waals surface area (Å²) in [5.41, 5.74) is 5.98. The molecule has 0 aliphatic carbocycles. The van der Waals surface area contributed by atoms with Crippen LogP contribution < -0.4 is 10.5 Å². The number of benzene rings is 2. The SMILES string of the molecule is NC(=O)c1ccc(OC(=O)/C=C/c2cccc(F)c2)cc1. The maximum atomic E-state index is 13.0. The van der Waals surface area contributed by atoms with Gasteiger partial charge in [0.05, 0.1) is 0 Å². The molecule has 0 heterocycles. The van der Waals surface area contributed by atoms with Crippen LogP contribution in [0.5, 0.6) is 5.75 Å². The fourth-order valence-electron chi connectivity index (χ4n) is 1.61. The maximum Gasteiger partial charge on any atom is 0.336 e. The number of nitrogens with two attached hydrogens (primary N) is 1. The minimum Gasteiger partial charge on any atom is -0.423 e. The Morgan fingerprint density at radius 1 is 1.10 bits per heavy atom. The Kier molecular flexibility index (Phi) is 4.46. The molecule has 0 aliphatic rings. The predicted octanol–water partition coefficient (Wildman–Crippen LogP) is 2.54. The topological polar surface area (TPSA) is 69.4 Å². The van der Waals surface area contributed by atoms with Crippen molar-refractivity contribution in [2.75, 3.05) is 0 Å². The standard InChI is InChI=1S/C16H12FNO3/c17-13-3-1-2-11(10-13)4-9-15(19)21-14-7-5-12(6-8-14)16(18)20/h1-10H,(H2,18,20)/b9-4+. The number of hydrogen-bond acceptors (Lipinski definition) is 3. The maximum absolute atomic E-state index is 13.0. The molecule has 5 heteroatoms. The first-order chi connectivity index (χ1) is 10.0. The highest BCUT2D eigenvalue weighted by molar-refractivity contribution is 5.93. The van der Waals surface area contributed by atoms with E-state index >= 15 is 0 Å². The van der Waals surface area contributed by atoms with Gasteiger partial charge < -0.3 is 10.5 Å². The summed E-state index contributed by atoms with van der Waals surface area (Å²) in [6.45, 7) is 0. The van der Waals surface area contributed by atoms with Gasteiger partial charge in [-0.1, -0.05) is 12.1 Å². The van der Waals surface area contributed by atoms with Crippen molar-refractivity contribution in [3.8, 4) is 5.75 Å². The van der Waals surface area contributed by atoms with E-state index in [9.17, 15) is 14.0 Å². The second kappa shape index (κ2) is 6.47. The number of carbonyl (C=O) groups is 2. The van der Waals surface area contributed by atoms with E-state index in [0.717, 1.165) is 0 Å². The van der Waals surface area contributed by atoms with E-state index in [-0.39, 0.29) is 11.6 Å². The molecular formula is C16H12FNO3. The van der Waals surface area contributed by atoms with E-state index in [1.807, 2.05) is 0 Å². The quantitative estimate of drug-likeness (QED) is 0.533. The summed E-state index contributed by atoms with van der Waals surface area (Å²) in [6.07, 6.45) is 2.64. The zero-order valence-electron chi connectivity index (χ0n) is 11.0. The molecule has 2 N–H and O–H groups in total. The molecule has 21 heavy (non-hydrogen) atoms. The van der Waals surface area contributed by atoms with Gasteiger partial charge in [0.25, 0.3) is 0 Å². The molecular weight excluding hydrogens is 273 g/mol. The molecule has 2 rings (SSSR count). The molecule has 1 amide bonds. The molecule has 0 saturated heterocycles. The molecule has 0 fully saturated rings. The van der Waals surface area contributed by atoms with Crippen LogP contribution in [0.3, 0.4) is 0 Å². The summed E-state index contributed by atoms with van der Waals surface area (Å²) in [4.78, 5) is 22.5. The van der Waals surface area contributed by atoms with Crippen LogP contribution in [0.4, 0.5) is 4.39 Å². The van der Waals surface area contributed by atoms with E-state index in [1.165, 1.54) is 48.6 Å². The molecule has 0 aromatic heterocycles. The number of hydrogen-bond donors (Lipinski definition) is 1. The highest BCUT2D eigenvalue weighted by atomic mass is 19.1. The first-order valence-electron chi connectivity index (χ1n) is 6.10. The third kappa shape index (κ3) is 4.28. The van der Waals surface area contributed by atoms with Crippen LogP contribution in [0.15, 0.2) is 54.6 Å². The Morgan fingerprint density at radius 2 is 1.81 bits per heavy atom. The van der Waals surface area contributed by atoms with Crippen molar-refractivity contribution in [2.45, 2.75) is 0 Å². The smallest absolute Gasteiger partial charge is 0.336 e. The van der Waals surface area contributed by atoms with E-state index < -0.39 is 11.9 Å². The first-order valence-corrected chi connectivity index (χ1v) is 6.10. The number of halogens is 1. The predicted molar refractivity (Wildman–Crippen MR) is 76.0 cm³/mol. The Morgan fingerprint density at radius 3 is 2.43 bits per heavy atom. The van der Waals surface area contributed by atoms with Crippen molar-refractivity contribution in [1.29, 1.82) is 0 Å². The van der Waals surface area contributed by atoms with Crippen LogP contribution in [-0.4, -0.2) is 11.9 Å². The van der Waals surface area contributed by atoms with Crippen molar-refractivity contribution in [1.82, 2.24) is 0 Å². The Bertz CT molecular complexity index is 693. The molecule has 0 aliphatic heterocycles. The van der Waals surface area contributed by atoms with Crippen molar-refractivity contribution >= 4 is 18.0 Å². The van der Waals surface area contributed by atoms with Gasteiger partial charge in [0, 0.05) is 11.6 Å². The lowest BCUT2D eigenvalue weighted by Crippen LogP contribution is -2.10. The Labute approximate surface area is 120 Å². The van der Waals surface area contributed by atoms with Gasteiger partial charge >= 0.3 is 5.97 Å². The third-order valence-corrected chi connectivity index (χ3v) is 2.62.